The number of nitrogens with one attached hydrogen (secondary N) is 1. The summed E-state index contributed by atoms with van der Waals surface area (Å²) >= 11 is 1.68. The van der Waals surface area contributed by atoms with Crippen LogP contribution in [-0.2, 0) is 0 Å². The maximum Gasteiger partial charge on any atom is 0.318 e. The van der Waals surface area contributed by atoms with E-state index in [2.05, 4.69) is 27.1 Å². The van der Waals surface area contributed by atoms with Crippen molar-refractivity contribution in [3.05, 3.63) is 52.5 Å². The van der Waals surface area contributed by atoms with E-state index in [4.69, 9.17) is 0 Å². The molecule has 3 heterocycles. The standard InChI is InChI=1S/C16H19N3OS/c1-12(14-5-2-3-8-17-14)18-16(20)19-9-4-6-15(19)13-7-10-21-11-13/h2-3,5,7-8,10-12,15H,4,6,9H2,1H3,(H,18,20)/t12-,15+/m0/s1. The van der Waals surface area contributed by atoms with E-state index in [1.165, 1.54) is 5.56 Å². The third-order valence-corrected chi connectivity index (χ3v) is 4.61. The number of amides is 2. The summed E-state index contributed by atoms with van der Waals surface area (Å²) < 4.78 is 0. The van der Waals surface area contributed by atoms with Crippen molar-refractivity contribution < 1.29 is 4.79 Å². The lowest BCUT2D eigenvalue weighted by Crippen LogP contribution is -2.40. The van der Waals surface area contributed by atoms with E-state index in [1.54, 1.807) is 17.5 Å². The van der Waals surface area contributed by atoms with Gasteiger partial charge in [-0.25, -0.2) is 4.79 Å². The molecular weight excluding hydrogens is 282 g/mol. The van der Waals surface area contributed by atoms with Crippen molar-refractivity contribution >= 4 is 17.4 Å². The number of hydrogen-bond acceptors (Lipinski definition) is 3. The van der Waals surface area contributed by atoms with Crippen LogP contribution in [0.4, 0.5) is 4.79 Å². The maximum atomic E-state index is 12.5. The van der Waals surface area contributed by atoms with Crippen molar-refractivity contribution in [2.24, 2.45) is 0 Å². The molecule has 1 aliphatic heterocycles. The van der Waals surface area contributed by atoms with E-state index < -0.39 is 0 Å². The van der Waals surface area contributed by atoms with Gasteiger partial charge in [0.1, 0.15) is 0 Å². The number of urea groups is 1. The smallest absolute Gasteiger partial charge is 0.318 e. The van der Waals surface area contributed by atoms with Gasteiger partial charge < -0.3 is 10.2 Å². The molecule has 0 aliphatic carbocycles. The van der Waals surface area contributed by atoms with Gasteiger partial charge in [-0.2, -0.15) is 11.3 Å². The monoisotopic (exact) mass is 301 g/mol. The Morgan fingerprint density at radius 1 is 1.48 bits per heavy atom. The van der Waals surface area contributed by atoms with Crippen LogP contribution in [0, 0.1) is 0 Å². The van der Waals surface area contributed by atoms with Gasteiger partial charge in [0.05, 0.1) is 17.8 Å². The van der Waals surface area contributed by atoms with Crippen LogP contribution in [0.15, 0.2) is 41.2 Å². The molecule has 3 rings (SSSR count). The second kappa shape index (κ2) is 6.26. The highest BCUT2D eigenvalue weighted by Gasteiger charge is 2.30. The highest BCUT2D eigenvalue weighted by Crippen LogP contribution is 2.33. The van der Waals surface area contributed by atoms with Crippen LogP contribution >= 0.6 is 11.3 Å². The third-order valence-electron chi connectivity index (χ3n) is 3.91. The number of carbonyl (C=O) groups is 1. The summed E-state index contributed by atoms with van der Waals surface area (Å²) in [6.45, 7) is 2.79. The predicted octanol–water partition coefficient (Wildman–Crippen LogP) is 3.75. The molecule has 0 aromatic carbocycles. The number of rotatable bonds is 3. The van der Waals surface area contributed by atoms with E-state index in [0.29, 0.717) is 0 Å². The average molecular weight is 301 g/mol. The van der Waals surface area contributed by atoms with Crippen molar-refractivity contribution in [1.29, 1.82) is 0 Å². The molecule has 2 aromatic heterocycles. The van der Waals surface area contributed by atoms with Crippen molar-refractivity contribution in [3.8, 4) is 0 Å². The first-order valence-electron chi connectivity index (χ1n) is 7.26. The van der Waals surface area contributed by atoms with Crippen LogP contribution in [0.5, 0.6) is 0 Å². The normalized spacial score (nSPS) is 19.5. The Kier molecular flexibility index (Phi) is 4.20. The highest BCUT2D eigenvalue weighted by atomic mass is 32.1. The van der Waals surface area contributed by atoms with Gasteiger partial charge >= 0.3 is 6.03 Å². The topological polar surface area (TPSA) is 45.2 Å². The average Bonchev–Trinajstić information content (AvgIpc) is 3.18. The van der Waals surface area contributed by atoms with Gasteiger partial charge in [0.2, 0.25) is 0 Å². The molecule has 5 heteroatoms. The molecule has 0 unspecified atom stereocenters. The molecule has 4 nitrogen and oxygen atoms in total. The second-order valence-corrected chi connectivity index (χ2v) is 6.11. The molecule has 0 bridgehead atoms. The van der Waals surface area contributed by atoms with Crippen molar-refractivity contribution in [3.63, 3.8) is 0 Å². The summed E-state index contributed by atoms with van der Waals surface area (Å²) in [6.07, 6.45) is 3.86. The SMILES string of the molecule is C[C@H](NC(=O)N1CCC[C@@H]1c1ccsc1)c1ccccn1. The number of thiophene rings is 1. The lowest BCUT2D eigenvalue weighted by atomic mass is 10.1. The Hall–Kier alpha value is -1.88. The minimum Gasteiger partial charge on any atom is -0.330 e. The molecule has 0 saturated carbocycles. The first kappa shape index (κ1) is 14.1. The number of carbonyl (C=O) groups excluding carboxylic acids is 1. The predicted molar refractivity (Wildman–Crippen MR) is 84.2 cm³/mol. The summed E-state index contributed by atoms with van der Waals surface area (Å²) in [5.41, 5.74) is 2.13. The Bertz CT molecular complexity index is 585. The molecule has 0 radical (unpaired) electrons. The molecule has 110 valence electrons. The van der Waals surface area contributed by atoms with Crippen LogP contribution in [0.25, 0.3) is 0 Å². The lowest BCUT2D eigenvalue weighted by Gasteiger charge is -2.26. The first-order valence-corrected chi connectivity index (χ1v) is 8.20. The fourth-order valence-electron chi connectivity index (χ4n) is 2.80. The van der Waals surface area contributed by atoms with Crippen molar-refractivity contribution in [2.75, 3.05) is 6.54 Å². The van der Waals surface area contributed by atoms with Gasteiger partial charge in [0.25, 0.3) is 0 Å². The highest BCUT2D eigenvalue weighted by molar-refractivity contribution is 7.07. The number of hydrogen-bond donors (Lipinski definition) is 1. The maximum absolute atomic E-state index is 12.5. The molecule has 1 fully saturated rings. The molecule has 2 aromatic rings. The summed E-state index contributed by atoms with van der Waals surface area (Å²) in [4.78, 5) is 18.8. The van der Waals surface area contributed by atoms with E-state index in [-0.39, 0.29) is 18.1 Å². The van der Waals surface area contributed by atoms with Crippen LogP contribution in [0.1, 0.15) is 43.1 Å². The zero-order chi connectivity index (χ0) is 14.7. The van der Waals surface area contributed by atoms with Gasteiger partial charge in [0.15, 0.2) is 0 Å². The van der Waals surface area contributed by atoms with Crippen LogP contribution in [-0.4, -0.2) is 22.5 Å². The van der Waals surface area contributed by atoms with Gasteiger partial charge in [-0.15, -0.1) is 0 Å². The number of likely N-dealkylation sites (tertiary alicyclic amines) is 1. The quantitative estimate of drug-likeness (QED) is 0.938. The summed E-state index contributed by atoms with van der Waals surface area (Å²) in [5.74, 6) is 0. The zero-order valence-electron chi connectivity index (χ0n) is 12.0. The second-order valence-electron chi connectivity index (χ2n) is 5.33. The molecule has 2 atom stereocenters. The van der Waals surface area contributed by atoms with Gasteiger partial charge in [-0.3, -0.25) is 4.98 Å². The van der Waals surface area contributed by atoms with Crippen LogP contribution < -0.4 is 5.32 Å². The fourth-order valence-corrected chi connectivity index (χ4v) is 3.50. The van der Waals surface area contributed by atoms with Gasteiger partial charge in [0, 0.05) is 12.7 Å². The minimum absolute atomic E-state index is 0.00172. The molecule has 1 aliphatic rings. The molecule has 1 N–H and O–H groups in total. The van der Waals surface area contributed by atoms with Crippen molar-refractivity contribution in [1.82, 2.24) is 15.2 Å². The van der Waals surface area contributed by atoms with E-state index in [1.807, 2.05) is 30.0 Å². The molecule has 2 amide bonds. The fraction of sp³-hybridized carbons (Fsp3) is 0.375. The summed E-state index contributed by atoms with van der Waals surface area (Å²) in [5, 5.41) is 7.26. The van der Waals surface area contributed by atoms with E-state index in [9.17, 15) is 4.79 Å². The third kappa shape index (κ3) is 3.08. The first-order chi connectivity index (χ1) is 10.3. The number of nitrogens with zero attached hydrogens (tertiary/aromatic N) is 2. The van der Waals surface area contributed by atoms with Gasteiger partial charge in [-0.1, -0.05) is 6.07 Å². The van der Waals surface area contributed by atoms with E-state index in [0.717, 1.165) is 25.1 Å². The minimum atomic E-state index is -0.0811. The Labute approximate surface area is 128 Å². The molecule has 1 saturated heterocycles. The van der Waals surface area contributed by atoms with Crippen LogP contribution in [0.3, 0.4) is 0 Å². The van der Waals surface area contributed by atoms with E-state index >= 15 is 0 Å². The van der Waals surface area contributed by atoms with Crippen LogP contribution in [0.2, 0.25) is 0 Å². The summed E-state index contributed by atoms with van der Waals surface area (Å²) in [7, 11) is 0. The largest absolute Gasteiger partial charge is 0.330 e. The Morgan fingerprint density at radius 2 is 2.38 bits per heavy atom. The van der Waals surface area contributed by atoms with Gasteiger partial charge in [-0.05, 0) is 54.3 Å². The zero-order valence-corrected chi connectivity index (χ0v) is 12.8. The number of pyridine rings is 1. The lowest BCUT2D eigenvalue weighted by molar-refractivity contribution is 0.189. The Morgan fingerprint density at radius 3 is 3.10 bits per heavy atom. The number of aromatic nitrogens is 1. The van der Waals surface area contributed by atoms with Crippen molar-refractivity contribution in [2.45, 2.75) is 31.8 Å². The molecule has 21 heavy (non-hydrogen) atoms. The Balaban J connectivity index is 1.67. The summed E-state index contributed by atoms with van der Waals surface area (Å²) in [6, 6.07) is 8.01. The molecule has 0 spiro atoms. The molecular formula is C16H19N3OS.